The lowest BCUT2D eigenvalue weighted by Crippen LogP contribution is -2.63. The molecule has 2 heterocycles. The highest BCUT2D eigenvalue weighted by Crippen LogP contribution is 2.36. The molecule has 0 saturated carbocycles. The summed E-state index contributed by atoms with van der Waals surface area (Å²) in [5, 5.41) is 70.5. The first-order valence-electron chi connectivity index (χ1n) is 16.0. The van der Waals surface area contributed by atoms with Crippen molar-refractivity contribution in [2.24, 2.45) is 0 Å². The number of esters is 1. The fourth-order valence-corrected chi connectivity index (χ4v) is 5.59. The topological polar surface area (TPSA) is 196 Å². The SMILES string of the molecule is CCCCCCCCCCCCCCCCCC(=O)OC1[C@H](O[C@]2(CO)O[C@H](CO)C(O)[C@H]2O)OC(CO)[C@@H](O)[C@H]1O. The van der Waals surface area contributed by atoms with Crippen LogP contribution in [0.15, 0.2) is 0 Å². The van der Waals surface area contributed by atoms with E-state index < -0.39 is 80.6 Å². The van der Waals surface area contributed by atoms with Crippen molar-refractivity contribution in [1.29, 1.82) is 0 Å². The first-order valence-corrected chi connectivity index (χ1v) is 16.0. The quantitative estimate of drug-likeness (QED) is 0.0691. The maximum Gasteiger partial charge on any atom is 0.306 e. The molecule has 0 aromatic rings. The summed E-state index contributed by atoms with van der Waals surface area (Å²) in [5.41, 5.74) is 0. The predicted molar refractivity (Wildman–Crippen MR) is 152 cm³/mol. The molecule has 0 aromatic heterocycles. The molecule has 2 aliphatic rings. The largest absolute Gasteiger partial charge is 0.454 e. The molecule has 7 N–H and O–H groups in total. The Kier molecular flexibility index (Phi) is 17.9. The first-order chi connectivity index (χ1) is 20.2. The maximum absolute atomic E-state index is 12.6. The zero-order chi connectivity index (χ0) is 31.0. The van der Waals surface area contributed by atoms with Crippen molar-refractivity contribution in [2.75, 3.05) is 19.8 Å². The van der Waals surface area contributed by atoms with E-state index in [-0.39, 0.29) is 6.42 Å². The predicted octanol–water partition coefficient (Wildman–Crippen LogP) is 1.42. The minimum absolute atomic E-state index is 0.0588. The molecule has 3 unspecified atom stereocenters. The summed E-state index contributed by atoms with van der Waals surface area (Å²) in [6.07, 6.45) is 5.19. The Morgan fingerprint density at radius 2 is 1.19 bits per heavy atom. The van der Waals surface area contributed by atoms with Crippen molar-refractivity contribution in [2.45, 2.75) is 164 Å². The molecule has 0 bridgehead atoms. The van der Waals surface area contributed by atoms with Crippen LogP contribution in [0.4, 0.5) is 0 Å². The Bertz CT molecular complexity index is 726. The molecule has 0 amide bonds. The molecule has 0 radical (unpaired) electrons. The van der Waals surface area contributed by atoms with Crippen molar-refractivity contribution >= 4 is 5.97 Å². The molecule has 9 atom stereocenters. The number of aliphatic hydroxyl groups excluding tert-OH is 7. The van der Waals surface area contributed by atoms with Gasteiger partial charge in [0.25, 0.3) is 0 Å². The van der Waals surface area contributed by atoms with Crippen LogP contribution in [0, 0.1) is 0 Å². The summed E-state index contributed by atoms with van der Waals surface area (Å²) < 4.78 is 21.9. The Hall–Kier alpha value is -0.930. The Morgan fingerprint density at radius 3 is 1.64 bits per heavy atom. The molecular formula is C30H56O12. The van der Waals surface area contributed by atoms with Crippen LogP contribution in [-0.4, -0.2) is 116 Å². The molecule has 2 aliphatic heterocycles. The lowest BCUT2D eigenvalue weighted by atomic mass is 9.98. The third-order valence-corrected chi connectivity index (χ3v) is 8.30. The van der Waals surface area contributed by atoms with Crippen LogP contribution >= 0.6 is 0 Å². The summed E-state index contributed by atoms with van der Waals surface area (Å²) in [4.78, 5) is 12.6. The van der Waals surface area contributed by atoms with Crippen LogP contribution in [0.25, 0.3) is 0 Å². The number of carbonyl (C=O) groups is 1. The maximum atomic E-state index is 12.6. The second kappa shape index (κ2) is 20.2. The number of carbonyl (C=O) groups excluding carboxylic acids is 1. The van der Waals surface area contributed by atoms with Gasteiger partial charge in [-0.25, -0.2) is 0 Å². The molecule has 2 fully saturated rings. The van der Waals surface area contributed by atoms with Gasteiger partial charge in [-0.05, 0) is 6.42 Å². The number of hydrogen-bond donors (Lipinski definition) is 7. The highest BCUT2D eigenvalue weighted by molar-refractivity contribution is 5.69. The number of aliphatic hydroxyl groups is 7. The van der Waals surface area contributed by atoms with Gasteiger partial charge in [0.1, 0.15) is 43.2 Å². The molecular weight excluding hydrogens is 552 g/mol. The van der Waals surface area contributed by atoms with Crippen molar-refractivity contribution in [1.82, 2.24) is 0 Å². The van der Waals surface area contributed by atoms with E-state index in [0.717, 1.165) is 19.3 Å². The fraction of sp³-hybridized carbons (Fsp3) is 0.967. The van der Waals surface area contributed by atoms with E-state index >= 15 is 0 Å². The molecule has 2 rings (SSSR count). The highest BCUT2D eigenvalue weighted by Gasteiger charge is 2.59. The number of hydrogen-bond acceptors (Lipinski definition) is 12. The number of ether oxygens (including phenoxy) is 4. The van der Waals surface area contributed by atoms with Crippen LogP contribution in [0.1, 0.15) is 110 Å². The monoisotopic (exact) mass is 608 g/mol. The summed E-state index contributed by atoms with van der Waals surface area (Å²) in [6.45, 7) is -0.146. The number of unbranched alkanes of at least 4 members (excludes halogenated alkanes) is 14. The van der Waals surface area contributed by atoms with Crippen LogP contribution in [0.2, 0.25) is 0 Å². The molecule has 0 aliphatic carbocycles. The van der Waals surface area contributed by atoms with E-state index in [9.17, 15) is 40.5 Å². The van der Waals surface area contributed by atoms with Crippen LogP contribution in [0.5, 0.6) is 0 Å². The van der Waals surface area contributed by atoms with Crippen molar-refractivity contribution in [3.8, 4) is 0 Å². The van der Waals surface area contributed by atoms with Gasteiger partial charge >= 0.3 is 5.97 Å². The van der Waals surface area contributed by atoms with E-state index in [0.29, 0.717) is 6.42 Å². The Morgan fingerprint density at radius 1 is 0.690 bits per heavy atom. The van der Waals surface area contributed by atoms with E-state index in [1.165, 1.54) is 70.6 Å². The van der Waals surface area contributed by atoms with Gasteiger partial charge in [0.2, 0.25) is 12.1 Å². The zero-order valence-corrected chi connectivity index (χ0v) is 25.2. The van der Waals surface area contributed by atoms with Gasteiger partial charge in [0.05, 0.1) is 13.2 Å². The van der Waals surface area contributed by atoms with Gasteiger partial charge in [-0.1, -0.05) is 96.8 Å². The van der Waals surface area contributed by atoms with E-state index in [1.54, 1.807) is 0 Å². The molecule has 0 aromatic carbocycles. The van der Waals surface area contributed by atoms with Crippen molar-refractivity contribution in [3.05, 3.63) is 0 Å². The van der Waals surface area contributed by atoms with Gasteiger partial charge in [0.15, 0.2) is 6.10 Å². The van der Waals surface area contributed by atoms with Crippen molar-refractivity contribution < 1.29 is 59.5 Å². The Labute approximate surface area is 249 Å². The van der Waals surface area contributed by atoms with Crippen molar-refractivity contribution in [3.63, 3.8) is 0 Å². The lowest BCUT2D eigenvalue weighted by Gasteiger charge is -2.44. The molecule has 248 valence electrons. The van der Waals surface area contributed by atoms with Gasteiger partial charge in [0, 0.05) is 6.42 Å². The molecule has 42 heavy (non-hydrogen) atoms. The normalized spacial score (nSPS) is 33.2. The lowest BCUT2D eigenvalue weighted by molar-refractivity contribution is -0.384. The summed E-state index contributed by atoms with van der Waals surface area (Å²) in [5.74, 6) is -2.95. The third-order valence-electron chi connectivity index (χ3n) is 8.30. The van der Waals surface area contributed by atoms with Gasteiger partial charge in [-0.15, -0.1) is 0 Å². The van der Waals surface area contributed by atoms with Gasteiger partial charge in [-0.2, -0.15) is 0 Å². The molecule has 12 heteroatoms. The first kappa shape index (κ1) is 37.3. The average Bonchev–Trinajstić information content (AvgIpc) is 3.23. The second-order valence-electron chi connectivity index (χ2n) is 11.7. The minimum atomic E-state index is -2.28. The van der Waals surface area contributed by atoms with E-state index in [4.69, 9.17) is 18.9 Å². The minimum Gasteiger partial charge on any atom is -0.454 e. The second-order valence-corrected chi connectivity index (χ2v) is 11.7. The van der Waals surface area contributed by atoms with Crippen LogP contribution in [-0.2, 0) is 23.7 Å². The summed E-state index contributed by atoms with van der Waals surface area (Å²) in [7, 11) is 0. The van der Waals surface area contributed by atoms with E-state index in [2.05, 4.69) is 6.92 Å². The highest BCUT2D eigenvalue weighted by atomic mass is 16.8. The summed E-state index contributed by atoms with van der Waals surface area (Å²) in [6, 6.07) is 0. The van der Waals surface area contributed by atoms with Gasteiger partial charge in [-0.3, -0.25) is 4.79 Å². The summed E-state index contributed by atoms with van der Waals surface area (Å²) >= 11 is 0. The standard InChI is InChI=1S/C30H56O12/c1-2-3-4-5-6-7-8-9-10-11-12-13-14-15-16-17-23(34)40-27-26(37)24(35)21(18-31)39-29(27)42-30(20-33)28(38)25(36)22(19-32)41-30/h21-22,24-29,31-33,35-38H,2-20H2,1H3/t21?,22-,24-,25?,26-,27?,28-,29+,30+/m1/s1. The molecule has 2 saturated heterocycles. The van der Waals surface area contributed by atoms with Crippen LogP contribution in [0.3, 0.4) is 0 Å². The fourth-order valence-electron chi connectivity index (χ4n) is 5.59. The van der Waals surface area contributed by atoms with Gasteiger partial charge < -0.3 is 54.7 Å². The third kappa shape index (κ3) is 11.2. The van der Waals surface area contributed by atoms with E-state index in [1.807, 2.05) is 0 Å². The van der Waals surface area contributed by atoms with Crippen LogP contribution < -0.4 is 0 Å². The molecule has 0 spiro atoms. The molecule has 12 nitrogen and oxygen atoms in total. The number of rotatable bonds is 22. The smallest absolute Gasteiger partial charge is 0.306 e. The average molecular weight is 609 g/mol. The zero-order valence-electron chi connectivity index (χ0n) is 25.2. The Balaban J connectivity index is 1.73.